The molecule has 6 heteroatoms. The second kappa shape index (κ2) is 5.27. The van der Waals surface area contributed by atoms with Crippen molar-refractivity contribution >= 4 is 11.9 Å². The summed E-state index contributed by atoms with van der Waals surface area (Å²) >= 11 is 0. The molecule has 92 valence electrons. The lowest BCUT2D eigenvalue weighted by molar-refractivity contribution is -0.142. The lowest BCUT2D eigenvalue weighted by Gasteiger charge is -2.20. The molecule has 3 N–H and O–H groups in total. The minimum absolute atomic E-state index is 0.0313. The molecular formula is C10H18N2O4. The summed E-state index contributed by atoms with van der Waals surface area (Å²) in [6.07, 6.45) is 0. The molecule has 16 heavy (non-hydrogen) atoms. The van der Waals surface area contributed by atoms with E-state index < -0.39 is 17.9 Å². The van der Waals surface area contributed by atoms with E-state index in [0.29, 0.717) is 6.54 Å². The van der Waals surface area contributed by atoms with E-state index in [4.69, 9.17) is 15.6 Å². The Hall–Kier alpha value is -1.14. The van der Waals surface area contributed by atoms with E-state index in [0.717, 1.165) is 0 Å². The van der Waals surface area contributed by atoms with Gasteiger partial charge in [-0.1, -0.05) is 6.92 Å². The van der Waals surface area contributed by atoms with Crippen molar-refractivity contribution in [2.75, 3.05) is 26.8 Å². The minimum Gasteiger partial charge on any atom is -0.481 e. The molecule has 0 radical (unpaired) electrons. The van der Waals surface area contributed by atoms with Crippen LogP contribution < -0.4 is 5.73 Å². The number of carbonyl (C=O) groups excluding carboxylic acids is 1. The summed E-state index contributed by atoms with van der Waals surface area (Å²) in [5.41, 5.74) is 5.61. The van der Waals surface area contributed by atoms with E-state index in [1.54, 1.807) is 0 Å². The SMILES string of the molecule is COCC(N)C(=O)N1C[C@@H](C)[C@H](C(=O)O)C1. The van der Waals surface area contributed by atoms with Crippen LogP contribution in [0, 0.1) is 11.8 Å². The molecule has 1 amide bonds. The van der Waals surface area contributed by atoms with Gasteiger partial charge in [-0.25, -0.2) is 0 Å². The van der Waals surface area contributed by atoms with Crippen LogP contribution in [0.15, 0.2) is 0 Å². The van der Waals surface area contributed by atoms with Crippen molar-refractivity contribution in [3.8, 4) is 0 Å². The maximum atomic E-state index is 11.8. The first-order chi connectivity index (χ1) is 7.47. The van der Waals surface area contributed by atoms with Crippen molar-refractivity contribution in [3.63, 3.8) is 0 Å². The van der Waals surface area contributed by atoms with Gasteiger partial charge in [0, 0.05) is 20.2 Å². The number of ether oxygens (including phenoxy) is 1. The van der Waals surface area contributed by atoms with E-state index in [1.807, 2.05) is 6.92 Å². The monoisotopic (exact) mass is 230 g/mol. The third kappa shape index (κ3) is 2.70. The van der Waals surface area contributed by atoms with Crippen LogP contribution >= 0.6 is 0 Å². The summed E-state index contributed by atoms with van der Waals surface area (Å²) in [6.45, 7) is 2.68. The summed E-state index contributed by atoms with van der Waals surface area (Å²) in [7, 11) is 1.47. The fourth-order valence-corrected chi connectivity index (χ4v) is 1.95. The molecule has 1 aliphatic heterocycles. The van der Waals surface area contributed by atoms with Crippen molar-refractivity contribution in [1.29, 1.82) is 0 Å². The van der Waals surface area contributed by atoms with Crippen molar-refractivity contribution < 1.29 is 19.4 Å². The first kappa shape index (κ1) is 12.9. The van der Waals surface area contributed by atoms with Crippen molar-refractivity contribution in [3.05, 3.63) is 0 Å². The normalized spacial score (nSPS) is 26.8. The number of aliphatic carboxylic acids is 1. The number of hydrogen-bond donors (Lipinski definition) is 2. The highest BCUT2D eigenvalue weighted by molar-refractivity contribution is 5.83. The number of rotatable bonds is 4. The Morgan fingerprint density at radius 1 is 1.56 bits per heavy atom. The zero-order valence-corrected chi connectivity index (χ0v) is 9.55. The fraction of sp³-hybridized carbons (Fsp3) is 0.800. The van der Waals surface area contributed by atoms with Crippen LogP contribution in [0.3, 0.4) is 0 Å². The number of amides is 1. The van der Waals surface area contributed by atoms with Crippen LogP contribution in [0.4, 0.5) is 0 Å². The molecule has 0 bridgehead atoms. The van der Waals surface area contributed by atoms with Crippen LogP contribution in [0.2, 0.25) is 0 Å². The van der Waals surface area contributed by atoms with E-state index in [-0.39, 0.29) is 25.0 Å². The lowest BCUT2D eigenvalue weighted by Crippen LogP contribution is -2.45. The molecule has 0 aromatic heterocycles. The third-order valence-corrected chi connectivity index (χ3v) is 2.90. The number of likely N-dealkylation sites (tertiary alicyclic amines) is 1. The summed E-state index contributed by atoms with van der Waals surface area (Å²) in [6, 6.07) is -0.704. The molecule has 1 saturated heterocycles. The van der Waals surface area contributed by atoms with Crippen molar-refractivity contribution in [2.24, 2.45) is 17.6 Å². The predicted molar refractivity (Wildman–Crippen MR) is 56.7 cm³/mol. The van der Waals surface area contributed by atoms with Crippen LogP contribution in [-0.4, -0.2) is 54.7 Å². The highest BCUT2D eigenvalue weighted by Gasteiger charge is 2.38. The topological polar surface area (TPSA) is 92.9 Å². The minimum atomic E-state index is -0.858. The Kier molecular flexibility index (Phi) is 4.26. The molecule has 3 atom stereocenters. The largest absolute Gasteiger partial charge is 0.481 e. The van der Waals surface area contributed by atoms with Gasteiger partial charge in [-0.05, 0) is 5.92 Å². The number of carboxylic acid groups (broad SMARTS) is 1. The summed E-state index contributed by atoms with van der Waals surface area (Å²) in [4.78, 5) is 24.2. The molecule has 1 rings (SSSR count). The van der Waals surface area contributed by atoms with Gasteiger partial charge in [0.25, 0.3) is 0 Å². The van der Waals surface area contributed by atoms with E-state index in [2.05, 4.69) is 0 Å². The molecule has 6 nitrogen and oxygen atoms in total. The highest BCUT2D eigenvalue weighted by atomic mass is 16.5. The Bertz CT molecular complexity index is 282. The number of carbonyl (C=O) groups is 2. The molecule has 0 saturated carbocycles. The number of carboxylic acids is 1. The average molecular weight is 230 g/mol. The van der Waals surface area contributed by atoms with Gasteiger partial charge in [0.05, 0.1) is 12.5 Å². The first-order valence-corrected chi connectivity index (χ1v) is 5.23. The van der Waals surface area contributed by atoms with E-state index >= 15 is 0 Å². The molecule has 0 spiro atoms. The Balaban J connectivity index is 2.58. The standard InChI is InChI=1S/C10H18N2O4/c1-6-3-12(4-7(6)10(14)15)9(13)8(11)5-16-2/h6-8H,3-5,11H2,1-2H3,(H,14,15)/t6-,7-,8?/m1/s1. The molecule has 0 aromatic carbocycles. The molecule has 0 aliphatic carbocycles. The summed E-state index contributed by atoms with van der Waals surface area (Å²) < 4.78 is 4.80. The molecule has 0 aromatic rings. The number of nitrogens with zero attached hydrogens (tertiary/aromatic N) is 1. The zero-order chi connectivity index (χ0) is 12.3. The predicted octanol–water partition coefficient (Wildman–Crippen LogP) is -0.861. The number of methoxy groups -OCH3 is 1. The van der Waals surface area contributed by atoms with Gasteiger partial charge < -0.3 is 20.5 Å². The van der Waals surface area contributed by atoms with Gasteiger partial charge in [0.1, 0.15) is 6.04 Å². The van der Waals surface area contributed by atoms with Crippen LogP contribution in [-0.2, 0) is 14.3 Å². The van der Waals surface area contributed by atoms with Gasteiger partial charge in [-0.2, -0.15) is 0 Å². The van der Waals surface area contributed by atoms with Crippen molar-refractivity contribution in [1.82, 2.24) is 4.90 Å². The smallest absolute Gasteiger partial charge is 0.308 e. The summed E-state index contributed by atoms with van der Waals surface area (Å²) in [5.74, 6) is -1.62. The second-order valence-corrected chi connectivity index (χ2v) is 4.23. The second-order valence-electron chi connectivity index (χ2n) is 4.23. The fourth-order valence-electron chi connectivity index (χ4n) is 1.95. The molecule has 1 heterocycles. The summed E-state index contributed by atoms with van der Waals surface area (Å²) in [5, 5.41) is 8.93. The zero-order valence-electron chi connectivity index (χ0n) is 9.55. The maximum Gasteiger partial charge on any atom is 0.308 e. The molecule has 1 unspecified atom stereocenters. The van der Waals surface area contributed by atoms with Gasteiger partial charge in [0.15, 0.2) is 0 Å². The Morgan fingerprint density at radius 2 is 2.19 bits per heavy atom. The Morgan fingerprint density at radius 3 is 2.62 bits per heavy atom. The van der Waals surface area contributed by atoms with Gasteiger partial charge in [-0.15, -0.1) is 0 Å². The van der Waals surface area contributed by atoms with Crippen LogP contribution in [0.1, 0.15) is 6.92 Å². The third-order valence-electron chi connectivity index (χ3n) is 2.90. The molecule has 1 fully saturated rings. The maximum absolute atomic E-state index is 11.8. The van der Waals surface area contributed by atoms with Gasteiger partial charge >= 0.3 is 5.97 Å². The van der Waals surface area contributed by atoms with Crippen LogP contribution in [0.25, 0.3) is 0 Å². The first-order valence-electron chi connectivity index (χ1n) is 5.23. The van der Waals surface area contributed by atoms with Gasteiger partial charge in [0.2, 0.25) is 5.91 Å². The van der Waals surface area contributed by atoms with Crippen molar-refractivity contribution in [2.45, 2.75) is 13.0 Å². The lowest BCUT2D eigenvalue weighted by atomic mass is 9.99. The number of hydrogen-bond acceptors (Lipinski definition) is 4. The Labute approximate surface area is 94.3 Å². The molecular weight excluding hydrogens is 212 g/mol. The van der Waals surface area contributed by atoms with Crippen LogP contribution in [0.5, 0.6) is 0 Å². The molecule has 1 aliphatic rings. The quantitative estimate of drug-likeness (QED) is 0.655. The number of nitrogens with two attached hydrogens (primary N) is 1. The average Bonchev–Trinajstić information content (AvgIpc) is 2.59. The van der Waals surface area contributed by atoms with E-state index in [9.17, 15) is 9.59 Å². The highest BCUT2D eigenvalue weighted by Crippen LogP contribution is 2.23. The van der Waals surface area contributed by atoms with Gasteiger partial charge in [-0.3, -0.25) is 9.59 Å². The van der Waals surface area contributed by atoms with E-state index in [1.165, 1.54) is 12.0 Å².